The van der Waals surface area contributed by atoms with Crippen LogP contribution in [0.2, 0.25) is 0 Å². The molecule has 1 amide bonds. The molecule has 100 valence electrons. The molecule has 0 radical (unpaired) electrons. The largest absolute Gasteiger partial charge is 0.396 e. The molecule has 0 aliphatic rings. The molecule has 0 aliphatic carbocycles. The van der Waals surface area contributed by atoms with Crippen molar-refractivity contribution >= 4 is 5.91 Å². The van der Waals surface area contributed by atoms with Gasteiger partial charge in [-0.1, -0.05) is 25.1 Å². The SMILES string of the molecule is CC(CO)CNC(=O)c1cncn1-c1ccccc1. The average Bonchev–Trinajstić information content (AvgIpc) is 2.94. The molecule has 1 heterocycles. The Hall–Kier alpha value is -2.14. The van der Waals surface area contributed by atoms with Crippen molar-refractivity contribution in [1.29, 1.82) is 0 Å². The highest BCUT2D eigenvalue weighted by molar-refractivity contribution is 5.92. The fourth-order valence-electron chi connectivity index (χ4n) is 1.68. The first-order chi connectivity index (χ1) is 9.22. The number of hydrogen-bond donors (Lipinski definition) is 2. The van der Waals surface area contributed by atoms with Crippen LogP contribution in [0.15, 0.2) is 42.9 Å². The maximum absolute atomic E-state index is 12.1. The average molecular weight is 259 g/mol. The normalized spacial score (nSPS) is 12.1. The van der Waals surface area contributed by atoms with Gasteiger partial charge in [0.25, 0.3) is 5.91 Å². The minimum atomic E-state index is -0.193. The topological polar surface area (TPSA) is 67.2 Å². The van der Waals surface area contributed by atoms with E-state index in [2.05, 4.69) is 10.3 Å². The molecular formula is C14H17N3O2. The van der Waals surface area contributed by atoms with E-state index in [-0.39, 0.29) is 18.4 Å². The first-order valence-corrected chi connectivity index (χ1v) is 6.19. The Labute approximate surface area is 111 Å². The number of amides is 1. The zero-order valence-electron chi connectivity index (χ0n) is 10.8. The maximum atomic E-state index is 12.1. The summed E-state index contributed by atoms with van der Waals surface area (Å²) in [6.45, 7) is 2.36. The monoisotopic (exact) mass is 259 g/mol. The Morgan fingerprint density at radius 3 is 2.84 bits per heavy atom. The Morgan fingerprint density at radius 2 is 2.16 bits per heavy atom. The van der Waals surface area contributed by atoms with Crippen molar-refractivity contribution in [2.24, 2.45) is 5.92 Å². The molecule has 0 fully saturated rings. The van der Waals surface area contributed by atoms with E-state index >= 15 is 0 Å². The van der Waals surface area contributed by atoms with Gasteiger partial charge in [-0.15, -0.1) is 0 Å². The van der Waals surface area contributed by atoms with Crippen molar-refractivity contribution in [1.82, 2.24) is 14.9 Å². The van der Waals surface area contributed by atoms with Gasteiger partial charge < -0.3 is 10.4 Å². The van der Waals surface area contributed by atoms with E-state index in [4.69, 9.17) is 5.11 Å². The van der Waals surface area contributed by atoms with Crippen molar-refractivity contribution in [2.75, 3.05) is 13.2 Å². The Morgan fingerprint density at radius 1 is 1.42 bits per heavy atom. The Bertz CT molecular complexity index is 537. The number of nitrogens with one attached hydrogen (secondary N) is 1. The van der Waals surface area contributed by atoms with Gasteiger partial charge in [0.15, 0.2) is 0 Å². The summed E-state index contributed by atoms with van der Waals surface area (Å²) in [6.07, 6.45) is 3.14. The van der Waals surface area contributed by atoms with Gasteiger partial charge >= 0.3 is 0 Å². The highest BCUT2D eigenvalue weighted by Gasteiger charge is 2.13. The second-order valence-electron chi connectivity index (χ2n) is 4.48. The summed E-state index contributed by atoms with van der Waals surface area (Å²) in [6, 6.07) is 9.56. The fraction of sp³-hybridized carbons (Fsp3) is 0.286. The molecule has 0 spiro atoms. The molecule has 1 aromatic carbocycles. The summed E-state index contributed by atoms with van der Waals surface area (Å²) >= 11 is 0. The summed E-state index contributed by atoms with van der Waals surface area (Å²) in [4.78, 5) is 16.1. The standard InChI is InChI=1S/C14H17N3O2/c1-11(9-18)7-16-14(19)13-8-15-10-17(13)12-5-3-2-4-6-12/h2-6,8,10-11,18H,7,9H2,1H3,(H,16,19). The van der Waals surface area contributed by atoms with Crippen LogP contribution in [0.1, 0.15) is 17.4 Å². The van der Waals surface area contributed by atoms with Crippen LogP contribution in [0.25, 0.3) is 5.69 Å². The molecule has 5 heteroatoms. The molecule has 1 unspecified atom stereocenters. The molecule has 2 N–H and O–H groups in total. The number of aliphatic hydroxyl groups is 1. The Kier molecular flexibility index (Phi) is 4.30. The smallest absolute Gasteiger partial charge is 0.269 e. The summed E-state index contributed by atoms with van der Waals surface area (Å²) < 4.78 is 1.74. The van der Waals surface area contributed by atoms with Gasteiger partial charge in [-0.05, 0) is 18.1 Å². The number of nitrogens with zero attached hydrogens (tertiary/aromatic N) is 2. The van der Waals surface area contributed by atoms with Gasteiger partial charge in [-0.3, -0.25) is 9.36 Å². The minimum Gasteiger partial charge on any atom is -0.396 e. The zero-order chi connectivity index (χ0) is 13.7. The first-order valence-electron chi connectivity index (χ1n) is 6.19. The van der Waals surface area contributed by atoms with E-state index in [1.807, 2.05) is 37.3 Å². The van der Waals surface area contributed by atoms with Crippen molar-refractivity contribution in [3.05, 3.63) is 48.5 Å². The van der Waals surface area contributed by atoms with Gasteiger partial charge in [0, 0.05) is 18.8 Å². The lowest BCUT2D eigenvalue weighted by Crippen LogP contribution is -2.30. The van der Waals surface area contributed by atoms with Gasteiger partial charge in [0.1, 0.15) is 5.69 Å². The second kappa shape index (κ2) is 6.15. The molecule has 19 heavy (non-hydrogen) atoms. The van der Waals surface area contributed by atoms with Gasteiger partial charge in [0.05, 0.1) is 12.5 Å². The predicted octanol–water partition coefficient (Wildman–Crippen LogP) is 1.23. The van der Waals surface area contributed by atoms with Crippen molar-refractivity contribution in [3.8, 4) is 5.69 Å². The fourth-order valence-corrected chi connectivity index (χ4v) is 1.68. The van der Waals surface area contributed by atoms with Crippen LogP contribution in [0.3, 0.4) is 0 Å². The van der Waals surface area contributed by atoms with E-state index in [1.165, 1.54) is 6.20 Å². The molecular weight excluding hydrogens is 242 g/mol. The molecule has 0 saturated carbocycles. The first kappa shape index (κ1) is 13.3. The van der Waals surface area contributed by atoms with Crippen LogP contribution in [0, 0.1) is 5.92 Å². The lowest BCUT2D eigenvalue weighted by atomic mass is 10.2. The third-order valence-corrected chi connectivity index (χ3v) is 2.83. The van der Waals surface area contributed by atoms with Crippen LogP contribution in [0.4, 0.5) is 0 Å². The number of aliphatic hydroxyl groups excluding tert-OH is 1. The van der Waals surface area contributed by atoms with Crippen molar-refractivity contribution in [3.63, 3.8) is 0 Å². The van der Waals surface area contributed by atoms with Crippen LogP contribution in [0.5, 0.6) is 0 Å². The predicted molar refractivity (Wildman–Crippen MR) is 72.1 cm³/mol. The van der Waals surface area contributed by atoms with Crippen LogP contribution in [-0.4, -0.2) is 33.7 Å². The molecule has 0 bridgehead atoms. The number of hydrogen-bond acceptors (Lipinski definition) is 3. The molecule has 0 saturated heterocycles. The number of para-hydroxylation sites is 1. The summed E-state index contributed by atoms with van der Waals surface area (Å²) in [7, 11) is 0. The molecule has 1 atom stereocenters. The second-order valence-corrected chi connectivity index (χ2v) is 4.48. The quantitative estimate of drug-likeness (QED) is 0.848. The van der Waals surface area contributed by atoms with Crippen LogP contribution >= 0.6 is 0 Å². The molecule has 1 aromatic heterocycles. The minimum absolute atomic E-state index is 0.0389. The van der Waals surface area contributed by atoms with E-state index in [9.17, 15) is 4.79 Å². The zero-order valence-corrected chi connectivity index (χ0v) is 10.8. The van der Waals surface area contributed by atoms with Crippen LogP contribution in [-0.2, 0) is 0 Å². The van der Waals surface area contributed by atoms with Gasteiger partial charge in [-0.2, -0.15) is 0 Å². The van der Waals surface area contributed by atoms with Gasteiger partial charge in [0.2, 0.25) is 0 Å². The summed E-state index contributed by atoms with van der Waals surface area (Å²) in [5.74, 6) is -0.154. The third-order valence-electron chi connectivity index (χ3n) is 2.83. The summed E-state index contributed by atoms with van der Waals surface area (Å²) in [5.41, 5.74) is 1.37. The number of aromatic nitrogens is 2. The number of carbonyl (C=O) groups excluding carboxylic acids is 1. The molecule has 0 aliphatic heterocycles. The molecule has 2 rings (SSSR count). The number of rotatable bonds is 5. The van der Waals surface area contributed by atoms with E-state index in [0.717, 1.165) is 5.69 Å². The van der Waals surface area contributed by atoms with E-state index < -0.39 is 0 Å². The molecule has 2 aromatic rings. The van der Waals surface area contributed by atoms with Crippen LogP contribution < -0.4 is 5.32 Å². The summed E-state index contributed by atoms with van der Waals surface area (Å²) in [5, 5.41) is 11.7. The number of imidazole rings is 1. The van der Waals surface area contributed by atoms with E-state index in [0.29, 0.717) is 12.2 Å². The highest BCUT2D eigenvalue weighted by atomic mass is 16.3. The third kappa shape index (κ3) is 3.20. The molecule has 5 nitrogen and oxygen atoms in total. The maximum Gasteiger partial charge on any atom is 0.269 e. The highest BCUT2D eigenvalue weighted by Crippen LogP contribution is 2.10. The van der Waals surface area contributed by atoms with Crippen molar-refractivity contribution in [2.45, 2.75) is 6.92 Å². The van der Waals surface area contributed by atoms with Crippen molar-refractivity contribution < 1.29 is 9.90 Å². The lowest BCUT2D eigenvalue weighted by molar-refractivity contribution is 0.0935. The van der Waals surface area contributed by atoms with Gasteiger partial charge in [-0.25, -0.2) is 4.98 Å². The lowest BCUT2D eigenvalue weighted by Gasteiger charge is -2.11. The number of benzene rings is 1. The number of carbonyl (C=O) groups is 1. The Balaban J connectivity index is 2.14. The van der Waals surface area contributed by atoms with E-state index in [1.54, 1.807) is 10.9 Å².